The lowest BCUT2D eigenvalue weighted by Gasteiger charge is -2.08. The van der Waals surface area contributed by atoms with Crippen LogP contribution in [0.25, 0.3) is 0 Å². The van der Waals surface area contributed by atoms with E-state index in [9.17, 15) is 14.4 Å². The van der Waals surface area contributed by atoms with Crippen molar-refractivity contribution in [1.29, 1.82) is 0 Å². The van der Waals surface area contributed by atoms with Gasteiger partial charge in [-0.15, -0.1) is 11.3 Å². The minimum atomic E-state index is -0.824. The number of amides is 3. The highest BCUT2D eigenvalue weighted by molar-refractivity contribution is 7.14. The molecule has 0 spiro atoms. The van der Waals surface area contributed by atoms with Gasteiger partial charge in [0.1, 0.15) is 5.00 Å². The van der Waals surface area contributed by atoms with Gasteiger partial charge < -0.3 is 10.1 Å². The summed E-state index contributed by atoms with van der Waals surface area (Å²) in [4.78, 5) is 36.2. The summed E-state index contributed by atoms with van der Waals surface area (Å²) in [5.41, 5.74) is 2.97. The summed E-state index contributed by atoms with van der Waals surface area (Å²) in [6.45, 7) is 1.80. The molecule has 3 amide bonds. The first-order valence-corrected chi connectivity index (χ1v) is 9.94. The topological polar surface area (TPSA) is 84.5 Å². The van der Waals surface area contributed by atoms with Crippen LogP contribution < -0.4 is 10.6 Å². The van der Waals surface area contributed by atoms with Crippen LogP contribution in [-0.2, 0) is 11.2 Å². The molecule has 0 unspecified atom stereocenters. The summed E-state index contributed by atoms with van der Waals surface area (Å²) in [6.07, 6.45) is -0.0405. The SMILES string of the molecule is CCOC(=O)NC(=O)c1ccsc1NC(=O)c1ccc(Cc2ccccc2)cc1. The third-order valence-corrected chi connectivity index (χ3v) is 4.92. The van der Waals surface area contributed by atoms with E-state index < -0.39 is 12.0 Å². The molecule has 2 N–H and O–H groups in total. The van der Waals surface area contributed by atoms with Gasteiger partial charge in [-0.25, -0.2) is 4.79 Å². The molecule has 0 aliphatic heterocycles. The summed E-state index contributed by atoms with van der Waals surface area (Å²) < 4.78 is 4.70. The molecule has 3 rings (SSSR count). The molecular formula is C22H20N2O4S. The number of nitrogens with one attached hydrogen (secondary N) is 2. The van der Waals surface area contributed by atoms with Crippen molar-refractivity contribution in [1.82, 2.24) is 5.32 Å². The largest absolute Gasteiger partial charge is 0.450 e. The lowest BCUT2D eigenvalue weighted by Crippen LogP contribution is -2.31. The molecule has 1 heterocycles. The first kappa shape index (κ1) is 20.3. The molecule has 148 valence electrons. The van der Waals surface area contributed by atoms with Gasteiger partial charge in [-0.05, 0) is 48.1 Å². The van der Waals surface area contributed by atoms with Gasteiger partial charge in [0.25, 0.3) is 11.8 Å². The number of ether oxygens (including phenoxy) is 1. The molecule has 0 radical (unpaired) electrons. The van der Waals surface area contributed by atoms with Crippen LogP contribution in [0.3, 0.4) is 0 Å². The zero-order chi connectivity index (χ0) is 20.6. The van der Waals surface area contributed by atoms with Gasteiger partial charge >= 0.3 is 6.09 Å². The molecule has 7 heteroatoms. The summed E-state index contributed by atoms with van der Waals surface area (Å²) in [6, 6.07) is 18.9. The summed E-state index contributed by atoms with van der Waals surface area (Å²) in [7, 11) is 0. The third kappa shape index (κ3) is 5.52. The van der Waals surface area contributed by atoms with Crippen LogP contribution in [-0.4, -0.2) is 24.5 Å². The molecule has 0 saturated heterocycles. The summed E-state index contributed by atoms with van der Waals surface area (Å²) in [5.74, 6) is -0.956. The minimum absolute atomic E-state index is 0.159. The summed E-state index contributed by atoms with van der Waals surface area (Å²) >= 11 is 1.20. The number of thiophene rings is 1. The minimum Gasteiger partial charge on any atom is -0.450 e. The average molecular weight is 408 g/mol. The normalized spacial score (nSPS) is 10.2. The smallest absolute Gasteiger partial charge is 0.414 e. The molecule has 0 aliphatic carbocycles. The predicted molar refractivity (Wildman–Crippen MR) is 112 cm³/mol. The van der Waals surface area contributed by atoms with E-state index in [2.05, 4.69) is 22.8 Å². The van der Waals surface area contributed by atoms with Crippen molar-refractivity contribution in [2.24, 2.45) is 0 Å². The fourth-order valence-corrected chi connectivity index (χ4v) is 3.47. The maximum Gasteiger partial charge on any atom is 0.414 e. The maximum absolute atomic E-state index is 12.6. The van der Waals surface area contributed by atoms with Crippen molar-refractivity contribution in [2.75, 3.05) is 11.9 Å². The standard InChI is InChI=1S/C22H20N2O4S/c1-2-28-22(27)24-20(26)18-12-13-29-21(18)23-19(25)17-10-8-16(9-11-17)14-15-6-4-3-5-7-15/h3-13H,2,14H2,1H3,(H,23,25)(H,24,26,27). The van der Waals surface area contributed by atoms with Crippen molar-refractivity contribution < 1.29 is 19.1 Å². The van der Waals surface area contributed by atoms with Gasteiger partial charge in [0.15, 0.2) is 0 Å². The van der Waals surface area contributed by atoms with Crippen LogP contribution in [0.4, 0.5) is 9.80 Å². The number of alkyl carbamates (subject to hydrolysis) is 1. The Kier molecular flexibility index (Phi) is 6.76. The first-order valence-electron chi connectivity index (χ1n) is 9.06. The van der Waals surface area contributed by atoms with E-state index in [0.29, 0.717) is 10.6 Å². The van der Waals surface area contributed by atoms with Crippen LogP contribution in [0.5, 0.6) is 0 Å². The zero-order valence-corrected chi connectivity index (χ0v) is 16.6. The maximum atomic E-state index is 12.6. The van der Waals surface area contributed by atoms with Crippen molar-refractivity contribution in [2.45, 2.75) is 13.3 Å². The number of anilines is 1. The molecule has 0 atom stereocenters. The molecule has 29 heavy (non-hydrogen) atoms. The van der Waals surface area contributed by atoms with Crippen LogP contribution in [0.15, 0.2) is 66.0 Å². The number of benzene rings is 2. The highest BCUT2D eigenvalue weighted by atomic mass is 32.1. The van der Waals surface area contributed by atoms with Crippen LogP contribution in [0.2, 0.25) is 0 Å². The van der Waals surface area contributed by atoms with E-state index >= 15 is 0 Å². The van der Waals surface area contributed by atoms with Crippen molar-refractivity contribution >= 4 is 34.2 Å². The molecule has 0 aliphatic rings. The Labute approximate surface area is 172 Å². The third-order valence-electron chi connectivity index (χ3n) is 4.10. The Balaban J connectivity index is 1.64. The van der Waals surface area contributed by atoms with E-state index in [1.165, 1.54) is 23.0 Å². The van der Waals surface area contributed by atoms with E-state index in [4.69, 9.17) is 4.74 Å². The van der Waals surface area contributed by atoms with E-state index in [1.807, 2.05) is 30.3 Å². The fraction of sp³-hybridized carbons (Fsp3) is 0.136. The lowest BCUT2D eigenvalue weighted by molar-refractivity contribution is 0.0926. The van der Waals surface area contributed by atoms with Crippen molar-refractivity contribution in [3.63, 3.8) is 0 Å². The second kappa shape index (κ2) is 9.66. The highest BCUT2D eigenvalue weighted by Crippen LogP contribution is 2.24. The number of carbonyl (C=O) groups is 3. The van der Waals surface area contributed by atoms with Gasteiger partial charge in [0.2, 0.25) is 0 Å². The highest BCUT2D eigenvalue weighted by Gasteiger charge is 2.18. The number of imide groups is 1. The van der Waals surface area contributed by atoms with Gasteiger partial charge in [-0.2, -0.15) is 0 Å². The number of carbonyl (C=O) groups excluding carboxylic acids is 3. The Morgan fingerprint density at radius 2 is 1.59 bits per heavy atom. The Hall–Kier alpha value is -3.45. The van der Waals surface area contributed by atoms with Crippen molar-refractivity contribution in [3.05, 3.63) is 88.3 Å². The molecule has 0 bridgehead atoms. The van der Waals surface area contributed by atoms with Gasteiger partial charge in [-0.3, -0.25) is 14.9 Å². The molecule has 3 aromatic rings. The Bertz CT molecular complexity index is 997. The molecule has 1 aromatic heterocycles. The molecule has 6 nitrogen and oxygen atoms in total. The second-order valence-electron chi connectivity index (χ2n) is 6.15. The average Bonchev–Trinajstić information content (AvgIpc) is 3.17. The molecule has 2 aromatic carbocycles. The van der Waals surface area contributed by atoms with Crippen molar-refractivity contribution in [3.8, 4) is 0 Å². The Morgan fingerprint density at radius 3 is 2.28 bits per heavy atom. The first-order chi connectivity index (χ1) is 14.1. The zero-order valence-electron chi connectivity index (χ0n) is 15.8. The van der Waals surface area contributed by atoms with Gasteiger partial charge in [0, 0.05) is 5.56 Å². The second-order valence-corrected chi connectivity index (χ2v) is 7.07. The summed E-state index contributed by atoms with van der Waals surface area (Å²) in [5, 5.41) is 6.88. The van der Waals surface area contributed by atoms with Crippen LogP contribution in [0.1, 0.15) is 38.8 Å². The fourth-order valence-electron chi connectivity index (χ4n) is 2.69. The number of rotatable bonds is 6. The number of hydrogen-bond acceptors (Lipinski definition) is 5. The quantitative estimate of drug-likeness (QED) is 0.630. The van der Waals surface area contributed by atoms with Gasteiger partial charge in [0.05, 0.1) is 12.2 Å². The molecule has 0 saturated carbocycles. The lowest BCUT2D eigenvalue weighted by atomic mass is 10.0. The number of hydrogen-bond donors (Lipinski definition) is 2. The molecule has 0 fully saturated rings. The molecular weight excluding hydrogens is 388 g/mol. The van der Waals surface area contributed by atoms with E-state index in [-0.39, 0.29) is 18.1 Å². The van der Waals surface area contributed by atoms with Crippen LogP contribution >= 0.6 is 11.3 Å². The Morgan fingerprint density at radius 1 is 0.897 bits per heavy atom. The predicted octanol–water partition coefficient (Wildman–Crippen LogP) is 4.48. The van der Waals surface area contributed by atoms with E-state index in [1.54, 1.807) is 24.4 Å². The monoisotopic (exact) mass is 408 g/mol. The van der Waals surface area contributed by atoms with E-state index in [0.717, 1.165) is 12.0 Å². The van der Waals surface area contributed by atoms with Crippen LogP contribution in [0, 0.1) is 0 Å². The van der Waals surface area contributed by atoms with Gasteiger partial charge in [-0.1, -0.05) is 42.5 Å².